The molecule has 0 spiro atoms. The van der Waals surface area contributed by atoms with Gasteiger partial charge in [-0.25, -0.2) is 4.79 Å². The van der Waals surface area contributed by atoms with Crippen molar-refractivity contribution in [1.82, 2.24) is 0 Å². The van der Waals surface area contributed by atoms with E-state index in [4.69, 9.17) is 14.6 Å². The van der Waals surface area contributed by atoms with Gasteiger partial charge in [0.05, 0.1) is 7.11 Å². The first-order valence-corrected chi connectivity index (χ1v) is 5.69. The predicted molar refractivity (Wildman–Crippen MR) is 67.2 cm³/mol. The molecule has 0 radical (unpaired) electrons. The van der Waals surface area contributed by atoms with Crippen LogP contribution in [0.2, 0.25) is 0 Å². The Morgan fingerprint density at radius 1 is 1.38 bits per heavy atom. The quantitative estimate of drug-likeness (QED) is 0.477. The van der Waals surface area contributed by atoms with Crippen LogP contribution < -0.4 is 9.47 Å². The highest BCUT2D eigenvalue weighted by Gasteiger charge is 2.27. The maximum absolute atomic E-state index is 11.9. The van der Waals surface area contributed by atoms with E-state index in [0.717, 1.165) is 6.08 Å². The monoisotopic (exact) mass is 306 g/mol. The summed E-state index contributed by atoms with van der Waals surface area (Å²) < 4.78 is 50.2. The van der Waals surface area contributed by atoms with Gasteiger partial charge < -0.3 is 19.3 Å². The molecule has 0 saturated carbocycles. The number of halogens is 3. The van der Waals surface area contributed by atoms with Crippen LogP contribution in [0.15, 0.2) is 24.3 Å². The number of hydrogen-bond acceptors (Lipinski definition) is 4. The lowest BCUT2D eigenvalue weighted by Gasteiger charge is -2.14. The normalized spacial score (nSPS) is 11.6. The number of methoxy groups -OCH3 is 1. The fraction of sp³-hybridized carbons (Fsp3) is 0.308. The Balaban J connectivity index is 2.80. The minimum absolute atomic E-state index is 0.0969. The molecule has 0 saturated heterocycles. The third-order valence-corrected chi connectivity index (χ3v) is 2.19. The smallest absolute Gasteiger partial charge is 0.411 e. The number of carbonyl (C=O) groups is 1. The van der Waals surface area contributed by atoms with Crippen molar-refractivity contribution in [3.63, 3.8) is 0 Å². The largest absolute Gasteiger partial charge is 0.493 e. The zero-order chi connectivity index (χ0) is 15.9. The van der Waals surface area contributed by atoms with Crippen molar-refractivity contribution in [2.24, 2.45) is 0 Å². The number of alkyl halides is 3. The summed E-state index contributed by atoms with van der Waals surface area (Å²) in [5.74, 6) is -0.824. The van der Waals surface area contributed by atoms with Crippen LogP contribution in [0.25, 0.3) is 6.08 Å². The Bertz CT molecular complexity index is 511. The summed E-state index contributed by atoms with van der Waals surface area (Å²) in [6, 6.07) is 4.64. The van der Waals surface area contributed by atoms with E-state index in [1.165, 1.54) is 25.3 Å². The van der Waals surface area contributed by atoms with Crippen molar-refractivity contribution < 1.29 is 37.3 Å². The lowest BCUT2D eigenvalue weighted by molar-refractivity contribution is -0.186. The molecule has 0 bridgehead atoms. The van der Waals surface area contributed by atoms with Crippen molar-refractivity contribution in [1.29, 1.82) is 0 Å². The van der Waals surface area contributed by atoms with Gasteiger partial charge in [-0.15, -0.1) is 0 Å². The molecule has 1 rings (SSSR count). The number of para-hydroxylation sites is 1. The van der Waals surface area contributed by atoms with Crippen LogP contribution in [0.1, 0.15) is 5.56 Å². The second-order valence-electron chi connectivity index (χ2n) is 3.78. The topological polar surface area (TPSA) is 65.0 Å². The molecular weight excluding hydrogens is 293 g/mol. The number of benzene rings is 1. The van der Waals surface area contributed by atoms with Gasteiger partial charge in [0.1, 0.15) is 6.61 Å². The number of carboxylic acids is 1. The van der Waals surface area contributed by atoms with Crippen molar-refractivity contribution in [3.8, 4) is 11.5 Å². The molecule has 0 aromatic heterocycles. The van der Waals surface area contributed by atoms with Crippen molar-refractivity contribution in [3.05, 3.63) is 29.8 Å². The van der Waals surface area contributed by atoms with Crippen LogP contribution in [-0.2, 0) is 9.53 Å². The molecule has 0 amide bonds. The Morgan fingerprint density at radius 3 is 2.67 bits per heavy atom. The third kappa shape index (κ3) is 6.17. The Morgan fingerprint density at radius 2 is 2.10 bits per heavy atom. The Hall–Kier alpha value is -2.22. The van der Waals surface area contributed by atoms with Crippen molar-refractivity contribution in [2.75, 3.05) is 20.5 Å². The number of carboxylic acid groups (broad SMARTS) is 1. The Labute approximate surface area is 118 Å². The predicted octanol–water partition coefficient (Wildman–Crippen LogP) is 2.71. The van der Waals surface area contributed by atoms with Gasteiger partial charge in [0, 0.05) is 11.6 Å². The molecule has 0 fully saturated rings. The van der Waals surface area contributed by atoms with Crippen molar-refractivity contribution >= 4 is 12.0 Å². The van der Waals surface area contributed by atoms with E-state index in [0.29, 0.717) is 5.56 Å². The van der Waals surface area contributed by atoms with Gasteiger partial charge in [-0.3, -0.25) is 0 Å². The molecule has 1 N–H and O–H groups in total. The van der Waals surface area contributed by atoms with Crippen molar-refractivity contribution in [2.45, 2.75) is 6.18 Å². The highest BCUT2D eigenvalue weighted by Crippen LogP contribution is 2.32. The molecule has 1 aromatic rings. The van der Waals surface area contributed by atoms with Gasteiger partial charge in [-0.1, -0.05) is 12.1 Å². The van der Waals surface area contributed by atoms with E-state index < -0.39 is 25.5 Å². The summed E-state index contributed by atoms with van der Waals surface area (Å²) >= 11 is 0. The maximum Gasteiger partial charge on any atom is 0.411 e. The van der Waals surface area contributed by atoms with Gasteiger partial charge in [-0.2, -0.15) is 13.2 Å². The number of hydrogen-bond donors (Lipinski definition) is 1. The summed E-state index contributed by atoms with van der Waals surface area (Å²) in [4.78, 5) is 10.5. The van der Waals surface area contributed by atoms with Crippen LogP contribution in [0.5, 0.6) is 11.5 Å². The number of ether oxygens (including phenoxy) is 3. The minimum Gasteiger partial charge on any atom is -0.493 e. The molecule has 8 heteroatoms. The first-order valence-electron chi connectivity index (χ1n) is 5.69. The molecule has 116 valence electrons. The second kappa shape index (κ2) is 7.53. The SMILES string of the molecule is COc1cccc(/C=C/C(=O)O)c1OCOCC(F)(F)F. The first-order chi connectivity index (χ1) is 9.83. The summed E-state index contributed by atoms with van der Waals surface area (Å²) in [6.45, 7) is -2.09. The zero-order valence-corrected chi connectivity index (χ0v) is 11.0. The standard InChI is InChI=1S/C13H13F3O5/c1-19-10-4-2-3-9(5-6-11(17)18)12(10)21-8-20-7-13(14,15)16/h2-6H,7-8H2,1H3,(H,17,18)/b6-5+. The average molecular weight is 306 g/mol. The second-order valence-corrected chi connectivity index (χ2v) is 3.78. The zero-order valence-electron chi connectivity index (χ0n) is 11.0. The van der Waals surface area contributed by atoms with Gasteiger partial charge in [0.2, 0.25) is 0 Å². The molecular formula is C13H13F3O5. The molecule has 0 atom stereocenters. The van der Waals surface area contributed by atoms with E-state index in [1.54, 1.807) is 6.07 Å². The summed E-state index contributed by atoms with van der Waals surface area (Å²) in [5, 5.41) is 8.59. The van der Waals surface area contributed by atoms with E-state index in [2.05, 4.69) is 4.74 Å². The van der Waals surface area contributed by atoms with Gasteiger partial charge >= 0.3 is 12.1 Å². The van der Waals surface area contributed by atoms with Gasteiger partial charge in [0.25, 0.3) is 0 Å². The number of aliphatic carboxylic acids is 1. The van der Waals surface area contributed by atoms with Crippen LogP contribution in [0.4, 0.5) is 13.2 Å². The minimum atomic E-state index is -4.45. The van der Waals surface area contributed by atoms with Crippen LogP contribution in [-0.4, -0.2) is 37.8 Å². The first kappa shape index (κ1) is 16.8. The molecule has 0 aliphatic rings. The van der Waals surface area contributed by atoms with Crippen LogP contribution in [0, 0.1) is 0 Å². The molecule has 1 aromatic carbocycles. The molecule has 21 heavy (non-hydrogen) atoms. The summed E-state index contributed by atoms with van der Waals surface area (Å²) in [7, 11) is 1.35. The van der Waals surface area contributed by atoms with Gasteiger partial charge in [-0.05, 0) is 12.1 Å². The van der Waals surface area contributed by atoms with E-state index in [-0.39, 0.29) is 11.5 Å². The molecule has 0 aliphatic carbocycles. The lowest BCUT2D eigenvalue weighted by atomic mass is 10.1. The highest BCUT2D eigenvalue weighted by molar-refractivity contribution is 5.86. The van der Waals surface area contributed by atoms with Gasteiger partial charge in [0.15, 0.2) is 18.3 Å². The molecule has 0 unspecified atom stereocenters. The molecule has 5 nitrogen and oxygen atoms in total. The van der Waals surface area contributed by atoms with Crippen LogP contribution >= 0.6 is 0 Å². The van der Waals surface area contributed by atoms with E-state index in [1.807, 2.05) is 0 Å². The fourth-order valence-corrected chi connectivity index (χ4v) is 1.40. The number of rotatable bonds is 7. The fourth-order valence-electron chi connectivity index (χ4n) is 1.40. The van der Waals surface area contributed by atoms with E-state index >= 15 is 0 Å². The molecule has 0 aliphatic heterocycles. The lowest BCUT2D eigenvalue weighted by Crippen LogP contribution is -2.19. The maximum atomic E-state index is 11.9. The third-order valence-electron chi connectivity index (χ3n) is 2.19. The summed E-state index contributed by atoms with van der Waals surface area (Å²) in [5.41, 5.74) is 0.340. The Kier molecular flexibility index (Phi) is 6.04. The average Bonchev–Trinajstić information content (AvgIpc) is 2.40. The van der Waals surface area contributed by atoms with E-state index in [9.17, 15) is 18.0 Å². The highest BCUT2D eigenvalue weighted by atomic mass is 19.4. The molecule has 0 heterocycles. The van der Waals surface area contributed by atoms with Crippen LogP contribution in [0.3, 0.4) is 0 Å². The summed E-state index contributed by atoms with van der Waals surface area (Å²) in [6.07, 6.45) is -2.33.